The molecule has 1 aliphatic carbocycles. The first-order chi connectivity index (χ1) is 15.0. The van der Waals surface area contributed by atoms with Gasteiger partial charge in [0.25, 0.3) is 0 Å². The van der Waals surface area contributed by atoms with Crippen LogP contribution in [0.2, 0.25) is 0 Å². The SMILES string of the molecule is COCCOCc1cnc(C)nc1C1CCN(S(=O)(=O)c2ccc3c(c2)CCC3)CC1. The molecule has 2 heterocycles. The molecule has 1 fully saturated rings. The molecule has 8 heteroatoms. The minimum absolute atomic E-state index is 0.203. The van der Waals surface area contributed by atoms with Crippen LogP contribution in [0, 0.1) is 6.92 Å². The van der Waals surface area contributed by atoms with Crippen molar-refractivity contribution in [3.63, 3.8) is 0 Å². The molecule has 0 radical (unpaired) electrons. The van der Waals surface area contributed by atoms with Gasteiger partial charge in [0.15, 0.2) is 0 Å². The van der Waals surface area contributed by atoms with Gasteiger partial charge in [-0.05, 0) is 62.3 Å². The lowest BCUT2D eigenvalue weighted by Gasteiger charge is -2.31. The molecule has 1 saturated heterocycles. The predicted molar refractivity (Wildman–Crippen MR) is 118 cm³/mol. The number of piperidine rings is 1. The fraction of sp³-hybridized carbons (Fsp3) is 0.565. The van der Waals surface area contributed by atoms with E-state index in [0.717, 1.165) is 49.2 Å². The highest BCUT2D eigenvalue weighted by molar-refractivity contribution is 7.89. The first-order valence-electron chi connectivity index (χ1n) is 11.0. The van der Waals surface area contributed by atoms with Crippen LogP contribution in [0.15, 0.2) is 29.3 Å². The van der Waals surface area contributed by atoms with Gasteiger partial charge in [0, 0.05) is 37.9 Å². The Morgan fingerprint density at radius 2 is 1.90 bits per heavy atom. The molecule has 4 rings (SSSR count). The number of sulfonamides is 1. The number of hydrogen-bond acceptors (Lipinski definition) is 6. The van der Waals surface area contributed by atoms with Gasteiger partial charge in [0.2, 0.25) is 10.0 Å². The quantitative estimate of drug-likeness (QED) is 0.581. The van der Waals surface area contributed by atoms with Gasteiger partial charge in [0.05, 0.1) is 30.4 Å². The van der Waals surface area contributed by atoms with E-state index in [1.165, 1.54) is 11.1 Å². The maximum Gasteiger partial charge on any atom is 0.243 e. The first kappa shape index (κ1) is 22.3. The second kappa shape index (κ2) is 9.73. The number of nitrogens with zero attached hydrogens (tertiary/aromatic N) is 3. The van der Waals surface area contributed by atoms with E-state index in [-0.39, 0.29) is 5.92 Å². The smallest absolute Gasteiger partial charge is 0.243 e. The minimum Gasteiger partial charge on any atom is -0.382 e. The van der Waals surface area contributed by atoms with Crippen LogP contribution in [0.25, 0.3) is 0 Å². The summed E-state index contributed by atoms with van der Waals surface area (Å²) < 4.78 is 38.8. The molecule has 31 heavy (non-hydrogen) atoms. The molecular weight excluding hydrogens is 414 g/mol. The van der Waals surface area contributed by atoms with Crippen LogP contribution in [0.3, 0.4) is 0 Å². The van der Waals surface area contributed by atoms with Crippen LogP contribution in [0.4, 0.5) is 0 Å². The molecular formula is C23H31N3O4S. The van der Waals surface area contributed by atoms with Crippen LogP contribution in [0.5, 0.6) is 0 Å². The van der Waals surface area contributed by atoms with Gasteiger partial charge in [-0.1, -0.05) is 6.07 Å². The third-order valence-corrected chi connectivity index (χ3v) is 8.15. The Hall–Kier alpha value is -1.87. The summed E-state index contributed by atoms with van der Waals surface area (Å²) in [5, 5.41) is 0. The van der Waals surface area contributed by atoms with Crippen molar-refractivity contribution in [3.05, 3.63) is 52.6 Å². The number of ether oxygens (including phenoxy) is 2. The van der Waals surface area contributed by atoms with Crippen molar-refractivity contribution < 1.29 is 17.9 Å². The lowest BCUT2D eigenvalue weighted by Crippen LogP contribution is -2.38. The molecule has 0 amide bonds. The van der Waals surface area contributed by atoms with Crippen LogP contribution in [0.1, 0.15) is 53.4 Å². The number of rotatable bonds is 8. The van der Waals surface area contributed by atoms with E-state index in [4.69, 9.17) is 14.5 Å². The highest BCUT2D eigenvalue weighted by Crippen LogP contribution is 2.33. The van der Waals surface area contributed by atoms with Crippen LogP contribution < -0.4 is 0 Å². The van der Waals surface area contributed by atoms with Crippen molar-refractivity contribution in [1.82, 2.24) is 14.3 Å². The minimum atomic E-state index is -3.47. The second-order valence-electron chi connectivity index (χ2n) is 8.34. The molecule has 0 unspecified atom stereocenters. The second-order valence-corrected chi connectivity index (χ2v) is 10.3. The Kier molecular flexibility index (Phi) is 7.01. The highest BCUT2D eigenvalue weighted by Gasteiger charge is 2.32. The van der Waals surface area contributed by atoms with E-state index < -0.39 is 10.0 Å². The van der Waals surface area contributed by atoms with Crippen molar-refractivity contribution >= 4 is 10.0 Å². The monoisotopic (exact) mass is 445 g/mol. The van der Waals surface area contributed by atoms with Crippen molar-refractivity contribution in [1.29, 1.82) is 0 Å². The molecule has 7 nitrogen and oxygen atoms in total. The molecule has 0 spiro atoms. The molecule has 0 saturated carbocycles. The predicted octanol–water partition coefficient (Wildman–Crippen LogP) is 3.01. The summed E-state index contributed by atoms with van der Waals surface area (Å²) in [5.41, 5.74) is 4.43. The molecule has 0 atom stereocenters. The summed E-state index contributed by atoms with van der Waals surface area (Å²) in [6.45, 7) is 4.37. The molecule has 1 aromatic heterocycles. The van der Waals surface area contributed by atoms with E-state index in [9.17, 15) is 8.42 Å². The van der Waals surface area contributed by atoms with Crippen molar-refractivity contribution in [2.75, 3.05) is 33.4 Å². The maximum atomic E-state index is 13.2. The Bertz CT molecular complexity index is 1020. The molecule has 2 aliphatic rings. The lowest BCUT2D eigenvalue weighted by atomic mass is 9.92. The Morgan fingerprint density at radius 1 is 1.13 bits per heavy atom. The summed E-state index contributed by atoms with van der Waals surface area (Å²) in [5.74, 6) is 0.929. The fourth-order valence-corrected chi connectivity index (χ4v) is 6.05. The zero-order valence-corrected chi connectivity index (χ0v) is 19.2. The summed E-state index contributed by atoms with van der Waals surface area (Å²) in [6, 6.07) is 5.64. The molecule has 0 bridgehead atoms. The molecule has 1 aliphatic heterocycles. The van der Waals surface area contributed by atoms with Crippen molar-refractivity contribution in [2.24, 2.45) is 0 Å². The van der Waals surface area contributed by atoms with Crippen molar-refractivity contribution in [2.45, 2.75) is 56.4 Å². The third-order valence-electron chi connectivity index (χ3n) is 6.26. The standard InChI is InChI=1S/C23H31N3O4S/c1-17-24-15-21(16-30-13-12-29-2)23(25-17)19-8-10-26(11-9-19)31(27,28)22-7-6-18-4-3-5-20(18)14-22/h6-7,14-15,19H,3-5,8-13,16H2,1-2H3. The van der Waals surface area contributed by atoms with Crippen LogP contribution in [-0.4, -0.2) is 56.1 Å². The van der Waals surface area contributed by atoms with Gasteiger partial charge < -0.3 is 9.47 Å². The summed E-state index contributed by atoms with van der Waals surface area (Å²) >= 11 is 0. The lowest BCUT2D eigenvalue weighted by molar-refractivity contribution is 0.0608. The number of hydrogen-bond donors (Lipinski definition) is 0. The van der Waals surface area contributed by atoms with E-state index in [1.807, 2.05) is 25.3 Å². The van der Waals surface area contributed by atoms with E-state index in [2.05, 4.69) is 4.98 Å². The van der Waals surface area contributed by atoms with Gasteiger partial charge in [-0.3, -0.25) is 0 Å². The number of fused-ring (bicyclic) bond motifs is 1. The largest absolute Gasteiger partial charge is 0.382 e. The number of methoxy groups -OCH3 is 1. The fourth-order valence-electron chi connectivity index (χ4n) is 4.53. The van der Waals surface area contributed by atoms with E-state index in [1.54, 1.807) is 17.5 Å². The van der Waals surface area contributed by atoms with Gasteiger partial charge in [-0.25, -0.2) is 18.4 Å². The average Bonchev–Trinajstić information content (AvgIpc) is 3.25. The summed E-state index contributed by atoms with van der Waals surface area (Å²) in [6.07, 6.45) is 6.45. The number of aromatic nitrogens is 2. The van der Waals surface area contributed by atoms with Gasteiger partial charge in [-0.2, -0.15) is 4.31 Å². The van der Waals surface area contributed by atoms with Gasteiger partial charge in [0.1, 0.15) is 5.82 Å². The topological polar surface area (TPSA) is 81.6 Å². The van der Waals surface area contributed by atoms with Crippen LogP contribution in [-0.2, 0) is 38.9 Å². The first-order valence-corrected chi connectivity index (χ1v) is 12.4. The summed E-state index contributed by atoms with van der Waals surface area (Å²) in [7, 11) is -1.82. The molecule has 0 N–H and O–H groups in total. The normalized spacial score (nSPS) is 17.7. The zero-order valence-electron chi connectivity index (χ0n) is 18.3. The van der Waals surface area contributed by atoms with Crippen molar-refractivity contribution in [3.8, 4) is 0 Å². The zero-order chi connectivity index (χ0) is 21.8. The van der Waals surface area contributed by atoms with Crippen LogP contribution >= 0.6 is 0 Å². The highest BCUT2D eigenvalue weighted by atomic mass is 32.2. The number of benzene rings is 1. The van der Waals surface area contributed by atoms with Gasteiger partial charge in [-0.15, -0.1) is 0 Å². The van der Waals surface area contributed by atoms with E-state index in [0.29, 0.717) is 37.8 Å². The molecule has 168 valence electrons. The van der Waals surface area contributed by atoms with Gasteiger partial charge >= 0.3 is 0 Å². The third kappa shape index (κ3) is 4.98. The summed E-state index contributed by atoms with van der Waals surface area (Å²) in [4.78, 5) is 9.44. The molecule has 1 aromatic carbocycles. The maximum absolute atomic E-state index is 13.2. The Labute approximate surface area is 184 Å². The molecule has 2 aromatic rings. The average molecular weight is 446 g/mol. The number of aryl methyl sites for hydroxylation is 3. The van der Waals surface area contributed by atoms with E-state index >= 15 is 0 Å². The Balaban J connectivity index is 1.44. The Morgan fingerprint density at radius 3 is 2.68 bits per heavy atom.